The largest absolute Gasteiger partial charge is 0.431 e. The molecule has 0 aromatic carbocycles. The van der Waals surface area contributed by atoms with E-state index < -0.39 is 11.0 Å². The van der Waals surface area contributed by atoms with Gasteiger partial charge in [-0.15, -0.1) is 11.6 Å². The lowest BCUT2D eigenvalue weighted by atomic mass is 10.8. The lowest BCUT2D eigenvalue weighted by Gasteiger charge is -1.99. The van der Waals surface area contributed by atoms with Crippen LogP contribution in [0.3, 0.4) is 0 Å². The molecule has 0 N–H and O–H groups in total. The maximum atomic E-state index is 10.1. The van der Waals surface area contributed by atoms with Crippen molar-refractivity contribution < 1.29 is 9.53 Å². The van der Waals surface area contributed by atoms with E-state index in [4.69, 9.17) is 34.8 Å². The summed E-state index contributed by atoms with van der Waals surface area (Å²) in [4.78, 5) is 10.1. The number of carbonyl (C=O) groups excluding carboxylic acids is 1. The van der Waals surface area contributed by atoms with Gasteiger partial charge in [0, 0.05) is 0 Å². The molecule has 0 aliphatic carbocycles. The molecule has 0 heterocycles. The highest BCUT2D eigenvalue weighted by Gasteiger charge is 2.04. The van der Waals surface area contributed by atoms with Gasteiger partial charge in [0.2, 0.25) is 0 Å². The van der Waals surface area contributed by atoms with E-state index in [1.54, 1.807) is 0 Å². The number of hydrogen-bond donors (Lipinski definition) is 0. The number of rotatable bonds is 2. The predicted molar refractivity (Wildman–Crippen MR) is 32.3 cm³/mol. The quantitative estimate of drug-likeness (QED) is 0.472. The smallest absolute Gasteiger partial charge is 0.323 e. The number of ether oxygens (including phenoxy) is 1. The summed E-state index contributed by atoms with van der Waals surface area (Å²) in [5, 5.41) is -1.11. The lowest BCUT2D eigenvalue weighted by Crippen LogP contribution is -2.08. The molecule has 0 saturated heterocycles. The number of esters is 1. The summed E-state index contributed by atoms with van der Waals surface area (Å²) in [5.74, 6) is -0.850. The topological polar surface area (TPSA) is 26.3 Å². The Labute approximate surface area is 61.7 Å². The van der Waals surface area contributed by atoms with Gasteiger partial charge in [0.25, 0.3) is 5.02 Å². The summed E-state index contributed by atoms with van der Waals surface area (Å²) in [5.41, 5.74) is 0. The van der Waals surface area contributed by atoms with Crippen LogP contribution >= 0.6 is 34.8 Å². The van der Waals surface area contributed by atoms with E-state index in [0.29, 0.717) is 0 Å². The zero-order valence-electron chi connectivity index (χ0n) is 3.73. The highest BCUT2D eigenvalue weighted by atomic mass is 35.5. The van der Waals surface area contributed by atoms with E-state index in [0.717, 1.165) is 0 Å². The van der Waals surface area contributed by atoms with E-state index in [1.807, 2.05) is 0 Å². The molecule has 0 aromatic rings. The third-order valence-corrected chi connectivity index (χ3v) is 0.726. The molecule has 0 aliphatic rings. The average Bonchev–Trinajstić information content (AvgIpc) is 1.65. The van der Waals surface area contributed by atoms with Gasteiger partial charge in [0.15, 0.2) is 0 Å². The third kappa shape index (κ3) is 4.50. The van der Waals surface area contributed by atoms with Crippen molar-refractivity contribution in [2.45, 2.75) is 5.02 Å². The molecule has 0 amide bonds. The second kappa shape index (κ2) is 4.24. The Hall–Kier alpha value is 0.340. The molecule has 48 valence electrons. The van der Waals surface area contributed by atoms with Crippen molar-refractivity contribution >= 4 is 40.8 Å². The van der Waals surface area contributed by atoms with E-state index in [2.05, 4.69) is 4.74 Å². The molecule has 0 fully saturated rings. The van der Waals surface area contributed by atoms with Crippen LogP contribution in [-0.4, -0.2) is 16.9 Å². The van der Waals surface area contributed by atoms with Crippen LogP contribution in [0.1, 0.15) is 0 Å². The molecule has 0 rings (SSSR count). The van der Waals surface area contributed by atoms with Crippen molar-refractivity contribution in [3.63, 3.8) is 0 Å². The van der Waals surface area contributed by atoms with E-state index in [9.17, 15) is 4.79 Å². The van der Waals surface area contributed by atoms with Gasteiger partial charge in [-0.2, -0.15) is 0 Å². The number of alkyl halides is 3. The average molecular weight is 177 g/mol. The summed E-state index contributed by atoms with van der Waals surface area (Å²) in [6, 6.07) is 0. The van der Waals surface area contributed by atoms with Crippen molar-refractivity contribution in [1.82, 2.24) is 0 Å². The second-order valence-electron chi connectivity index (χ2n) is 0.884. The summed E-state index contributed by atoms with van der Waals surface area (Å²) >= 11 is 15.0. The van der Waals surface area contributed by atoms with Crippen LogP contribution < -0.4 is 0 Å². The molecule has 0 unspecified atom stereocenters. The van der Waals surface area contributed by atoms with Gasteiger partial charge in [-0.05, 0) is 0 Å². The maximum absolute atomic E-state index is 10.1. The zero-order chi connectivity index (χ0) is 6.57. The monoisotopic (exact) mass is 176 g/mol. The van der Waals surface area contributed by atoms with Crippen LogP contribution in [0.15, 0.2) is 0 Å². The Morgan fingerprint density at radius 1 is 1.62 bits per heavy atom. The Balaban J connectivity index is 3.25. The van der Waals surface area contributed by atoms with Crippen LogP contribution in [-0.2, 0) is 9.53 Å². The second-order valence-corrected chi connectivity index (χ2v) is 2.17. The number of carbonyl (C=O) groups is 1. The van der Waals surface area contributed by atoms with E-state index in [-0.39, 0.29) is 5.88 Å². The first-order valence-corrected chi connectivity index (χ1v) is 3.11. The summed E-state index contributed by atoms with van der Waals surface area (Å²) in [7, 11) is 0. The van der Waals surface area contributed by atoms with Crippen molar-refractivity contribution in [2.75, 3.05) is 5.88 Å². The third-order valence-electron chi connectivity index (χ3n) is 0.330. The molecular formula is C3H3Cl3O2. The zero-order valence-corrected chi connectivity index (χ0v) is 6.00. The SMILES string of the molecule is O=C(CCl)OC(Cl)Cl. The summed E-state index contributed by atoms with van der Waals surface area (Å²) in [6.45, 7) is 0. The minimum absolute atomic E-state index is 0.226. The molecule has 0 aliphatic heterocycles. The highest BCUT2D eigenvalue weighted by Crippen LogP contribution is 2.03. The van der Waals surface area contributed by atoms with Crippen molar-refractivity contribution in [3.8, 4) is 0 Å². The minimum atomic E-state index is -1.11. The lowest BCUT2D eigenvalue weighted by molar-refractivity contribution is -0.139. The van der Waals surface area contributed by atoms with E-state index >= 15 is 0 Å². The fraction of sp³-hybridized carbons (Fsp3) is 0.667. The first-order chi connectivity index (χ1) is 3.66. The van der Waals surface area contributed by atoms with Crippen molar-refractivity contribution in [3.05, 3.63) is 0 Å². The normalized spacial score (nSPS) is 9.50. The van der Waals surface area contributed by atoms with Gasteiger partial charge < -0.3 is 4.74 Å². The minimum Gasteiger partial charge on any atom is -0.431 e. The fourth-order valence-corrected chi connectivity index (χ4v) is 0.393. The Bertz CT molecular complexity index is 82.6. The first kappa shape index (κ1) is 8.34. The van der Waals surface area contributed by atoms with Gasteiger partial charge in [-0.25, -0.2) is 0 Å². The van der Waals surface area contributed by atoms with Crippen LogP contribution in [0, 0.1) is 0 Å². The van der Waals surface area contributed by atoms with Crippen LogP contribution in [0.5, 0.6) is 0 Å². The molecule has 0 spiro atoms. The van der Waals surface area contributed by atoms with Gasteiger partial charge in [-0.3, -0.25) is 4.79 Å². The van der Waals surface area contributed by atoms with Gasteiger partial charge in [0.1, 0.15) is 5.88 Å². The molecule has 0 aromatic heterocycles. The Kier molecular flexibility index (Phi) is 4.42. The van der Waals surface area contributed by atoms with Crippen molar-refractivity contribution in [2.24, 2.45) is 0 Å². The van der Waals surface area contributed by atoms with Gasteiger partial charge in [-0.1, -0.05) is 23.2 Å². The molecule has 0 radical (unpaired) electrons. The van der Waals surface area contributed by atoms with Gasteiger partial charge >= 0.3 is 5.97 Å². The fourth-order valence-electron chi connectivity index (χ4n) is 0.131. The molecule has 0 atom stereocenters. The number of halogens is 3. The number of hydrogen-bond acceptors (Lipinski definition) is 2. The standard InChI is InChI=1S/C3H3Cl3O2/c4-1-2(7)8-3(5)6/h3H,1H2. The van der Waals surface area contributed by atoms with Crippen LogP contribution in [0.2, 0.25) is 0 Å². The van der Waals surface area contributed by atoms with E-state index in [1.165, 1.54) is 0 Å². The Morgan fingerprint density at radius 2 is 2.12 bits per heavy atom. The van der Waals surface area contributed by atoms with Crippen molar-refractivity contribution in [1.29, 1.82) is 0 Å². The Morgan fingerprint density at radius 3 is 2.25 bits per heavy atom. The molecule has 2 nitrogen and oxygen atoms in total. The van der Waals surface area contributed by atoms with Crippen LogP contribution in [0.25, 0.3) is 0 Å². The first-order valence-electron chi connectivity index (χ1n) is 1.70. The molecule has 8 heavy (non-hydrogen) atoms. The summed E-state index contributed by atoms with van der Waals surface area (Å²) < 4.78 is 4.16. The maximum Gasteiger partial charge on any atom is 0.323 e. The predicted octanol–water partition coefficient (Wildman–Crippen LogP) is 1.53. The van der Waals surface area contributed by atoms with Gasteiger partial charge in [0.05, 0.1) is 0 Å². The summed E-state index contributed by atoms with van der Waals surface area (Å²) in [6.07, 6.45) is 0. The van der Waals surface area contributed by atoms with Crippen LogP contribution in [0.4, 0.5) is 0 Å². The molecule has 5 heteroatoms. The molecular weight excluding hydrogens is 174 g/mol. The highest BCUT2D eigenvalue weighted by molar-refractivity contribution is 6.43. The molecule has 0 saturated carbocycles. The molecule has 0 bridgehead atoms.